The number of anilines is 2. The zero-order valence-corrected chi connectivity index (χ0v) is 9.90. The molecule has 1 aromatic carbocycles. The average Bonchev–Trinajstić information content (AvgIpc) is 2.20. The zero-order chi connectivity index (χ0) is 11.3. The summed E-state index contributed by atoms with van der Waals surface area (Å²) in [5.74, 6) is 1.37. The van der Waals surface area contributed by atoms with Gasteiger partial charge >= 0.3 is 0 Å². The summed E-state index contributed by atoms with van der Waals surface area (Å²) in [5.41, 5.74) is 6.99. The lowest BCUT2D eigenvalue weighted by molar-refractivity contribution is 0.627. The summed E-state index contributed by atoms with van der Waals surface area (Å²) >= 11 is 1.81. The first-order valence-corrected chi connectivity index (χ1v) is 6.30. The van der Waals surface area contributed by atoms with Crippen molar-refractivity contribution in [1.82, 2.24) is 0 Å². The molecule has 3 N–H and O–H groups in total. The molecule has 0 amide bonds. The van der Waals surface area contributed by atoms with Gasteiger partial charge in [0.2, 0.25) is 0 Å². The van der Waals surface area contributed by atoms with Crippen LogP contribution in [0.1, 0.15) is 6.92 Å². The van der Waals surface area contributed by atoms with Gasteiger partial charge in [-0.2, -0.15) is 11.8 Å². The van der Waals surface area contributed by atoms with E-state index in [0.717, 1.165) is 12.3 Å². The van der Waals surface area contributed by atoms with Crippen LogP contribution in [-0.4, -0.2) is 18.6 Å². The van der Waals surface area contributed by atoms with E-state index in [1.165, 1.54) is 12.1 Å². The Morgan fingerprint density at radius 1 is 1.53 bits per heavy atom. The van der Waals surface area contributed by atoms with Gasteiger partial charge in [0, 0.05) is 6.54 Å². The molecule has 0 spiro atoms. The van der Waals surface area contributed by atoms with E-state index in [-0.39, 0.29) is 5.82 Å². The van der Waals surface area contributed by atoms with Crippen molar-refractivity contribution in [2.75, 3.05) is 29.6 Å². The van der Waals surface area contributed by atoms with Crippen molar-refractivity contribution in [1.29, 1.82) is 0 Å². The second kappa shape index (κ2) is 5.85. The lowest BCUT2D eigenvalue weighted by Gasteiger charge is -2.13. The SMILES string of the molecule is CSCC(C)CNc1cc(F)ccc1N. The van der Waals surface area contributed by atoms with Crippen LogP contribution in [0.5, 0.6) is 0 Å². The summed E-state index contributed by atoms with van der Waals surface area (Å²) in [6.45, 7) is 2.97. The summed E-state index contributed by atoms with van der Waals surface area (Å²) < 4.78 is 12.9. The highest BCUT2D eigenvalue weighted by atomic mass is 32.2. The smallest absolute Gasteiger partial charge is 0.125 e. The van der Waals surface area contributed by atoms with Gasteiger partial charge in [0.25, 0.3) is 0 Å². The van der Waals surface area contributed by atoms with Gasteiger partial charge in [0.1, 0.15) is 5.82 Å². The lowest BCUT2D eigenvalue weighted by Crippen LogP contribution is -2.14. The molecule has 0 saturated heterocycles. The quantitative estimate of drug-likeness (QED) is 0.761. The molecular weight excluding hydrogens is 211 g/mol. The standard InChI is InChI=1S/C11H17FN2S/c1-8(7-15-2)6-14-11-5-9(12)3-4-10(11)13/h3-5,8,14H,6-7,13H2,1-2H3. The first kappa shape index (κ1) is 12.2. The molecular formula is C11H17FN2S. The van der Waals surface area contributed by atoms with Crippen molar-refractivity contribution in [2.24, 2.45) is 5.92 Å². The van der Waals surface area contributed by atoms with E-state index >= 15 is 0 Å². The summed E-state index contributed by atoms with van der Waals surface area (Å²) in [4.78, 5) is 0. The fourth-order valence-electron chi connectivity index (χ4n) is 1.31. The maximum atomic E-state index is 12.9. The molecule has 0 bridgehead atoms. The average molecular weight is 228 g/mol. The third-order valence-corrected chi connectivity index (χ3v) is 3.01. The topological polar surface area (TPSA) is 38.0 Å². The third kappa shape index (κ3) is 4.00. The molecule has 84 valence electrons. The molecule has 4 heteroatoms. The fourth-order valence-corrected chi connectivity index (χ4v) is 2.00. The second-order valence-corrected chi connectivity index (χ2v) is 4.58. The summed E-state index contributed by atoms with van der Waals surface area (Å²) in [5, 5.41) is 3.16. The number of rotatable bonds is 5. The molecule has 0 saturated carbocycles. The van der Waals surface area contributed by atoms with Crippen molar-refractivity contribution in [3.63, 3.8) is 0 Å². The summed E-state index contributed by atoms with van der Waals surface area (Å²) in [7, 11) is 0. The number of nitrogens with two attached hydrogens (primary N) is 1. The molecule has 0 fully saturated rings. The van der Waals surface area contributed by atoms with Crippen LogP contribution in [0.3, 0.4) is 0 Å². The molecule has 0 aliphatic heterocycles. The van der Waals surface area contributed by atoms with Crippen molar-refractivity contribution >= 4 is 23.1 Å². The van der Waals surface area contributed by atoms with Crippen molar-refractivity contribution in [3.8, 4) is 0 Å². The Hall–Kier alpha value is -0.900. The molecule has 1 unspecified atom stereocenters. The van der Waals surface area contributed by atoms with E-state index in [0.29, 0.717) is 17.3 Å². The zero-order valence-electron chi connectivity index (χ0n) is 9.09. The molecule has 0 aliphatic carbocycles. The second-order valence-electron chi connectivity index (χ2n) is 3.67. The van der Waals surface area contributed by atoms with Gasteiger partial charge in [0.05, 0.1) is 11.4 Å². The normalized spacial score (nSPS) is 12.5. The molecule has 1 atom stereocenters. The highest BCUT2D eigenvalue weighted by Gasteiger charge is 2.04. The third-order valence-electron chi connectivity index (χ3n) is 2.11. The molecule has 0 aromatic heterocycles. The van der Waals surface area contributed by atoms with Crippen LogP contribution in [-0.2, 0) is 0 Å². The van der Waals surface area contributed by atoms with E-state index in [4.69, 9.17) is 5.73 Å². The largest absolute Gasteiger partial charge is 0.397 e. The first-order valence-electron chi connectivity index (χ1n) is 4.91. The van der Waals surface area contributed by atoms with E-state index in [1.54, 1.807) is 17.8 Å². The Labute approximate surface area is 94.4 Å². The van der Waals surface area contributed by atoms with Gasteiger partial charge in [-0.1, -0.05) is 6.92 Å². The number of thioether (sulfide) groups is 1. The Balaban J connectivity index is 2.53. The number of nitrogens with one attached hydrogen (secondary N) is 1. The maximum absolute atomic E-state index is 12.9. The van der Waals surface area contributed by atoms with E-state index < -0.39 is 0 Å². The Morgan fingerprint density at radius 3 is 2.93 bits per heavy atom. The fraction of sp³-hybridized carbons (Fsp3) is 0.455. The van der Waals surface area contributed by atoms with Crippen LogP contribution in [0.25, 0.3) is 0 Å². The molecule has 2 nitrogen and oxygen atoms in total. The van der Waals surface area contributed by atoms with Gasteiger partial charge in [0.15, 0.2) is 0 Å². The Kier molecular flexibility index (Phi) is 4.75. The minimum Gasteiger partial charge on any atom is -0.397 e. The van der Waals surface area contributed by atoms with Crippen LogP contribution in [0.2, 0.25) is 0 Å². The van der Waals surface area contributed by atoms with Crippen LogP contribution in [0.4, 0.5) is 15.8 Å². The highest BCUT2D eigenvalue weighted by molar-refractivity contribution is 7.98. The highest BCUT2D eigenvalue weighted by Crippen LogP contribution is 2.19. The van der Waals surface area contributed by atoms with Gasteiger partial charge in [-0.05, 0) is 36.1 Å². The van der Waals surface area contributed by atoms with Crippen LogP contribution < -0.4 is 11.1 Å². The van der Waals surface area contributed by atoms with Crippen LogP contribution in [0, 0.1) is 11.7 Å². The maximum Gasteiger partial charge on any atom is 0.125 e. The first-order chi connectivity index (χ1) is 7.13. The van der Waals surface area contributed by atoms with Crippen LogP contribution >= 0.6 is 11.8 Å². The van der Waals surface area contributed by atoms with Crippen molar-refractivity contribution in [3.05, 3.63) is 24.0 Å². The Bertz CT molecular complexity index is 317. The van der Waals surface area contributed by atoms with Crippen molar-refractivity contribution in [2.45, 2.75) is 6.92 Å². The monoisotopic (exact) mass is 228 g/mol. The summed E-state index contributed by atoms with van der Waals surface area (Å²) in [6.07, 6.45) is 2.08. The molecule has 0 heterocycles. The molecule has 0 aliphatic rings. The van der Waals surface area contributed by atoms with Gasteiger partial charge in [-0.25, -0.2) is 4.39 Å². The van der Waals surface area contributed by atoms with Gasteiger partial charge in [-0.3, -0.25) is 0 Å². The molecule has 1 aromatic rings. The number of nitrogen functional groups attached to an aromatic ring is 1. The number of halogens is 1. The minimum absolute atomic E-state index is 0.260. The van der Waals surface area contributed by atoms with E-state index in [2.05, 4.69) is 18.5 Å². The van der Waals surface area contributed by atoms with Crippen LogP contribution in [0.15, 0.2) is 18.2 Å². The predicted molar refractivity (Wildman–Crippen MR) is 66.8 cm³/mol. The minimum atomic E-state index is -0.260. The molecule has 15 heavy (non-hydrogen) atoms. The van der Waals surface area contributed by atoms with E-state index in [9.17, 15) is 4.39 Å². The summed E-state index contributed by atoms with van der Waals surface area (Å²) in [6, 6.07) is 4.38. The molecule has 0 radical (unpaired) electrons. The number of benzene rings is 1. The number of hydrogen-bond donors (Lipinski definition) is 2. The predicted octanol–water partition coefficient (Wildman–Crippen LogP) is 2.82. The van der Waals surface area contributed by atoms with Crippen molar-refractivity contribution < 1.29 is 4.39 Å². The van der Waals surface area contributed by atoms with Gasteiger partial charge < -0.3 is 11.1 Å². The van der Waals surface area contributed by atoms with E-state index in [1.807, 2.05) is 0 Å². The number of hydrogen-bond acceptors (Lipinski definition) is 3. The van der Waals surface area contributed by atoms with Gasteiger partial charge in [-0.15, -0.1) is 0 Å². The molecule has 1 rings (SSSR count). The Morgan fingerprint density at radius 2 is 2.27 bits per heavy atom. The lowest BCUT2D eigenvalue weighted by atomic mass is 10.2.